The number of aromatic nitrogens is 2. The summed E-state index contributed by atoms with van der Waals surface area (Å²) in [6.45, 7) is 7.75. The van der Waals surface area contributed by atoms with E-state index in [1.807, 2.05) is 66.7 Å². The zero-order chi connectivity index (χ0) is 25.5. The van der Waals surface area contributed by atoms with Gasteiger partial charge >= 0.3 is 6.09 Å². The number of piperazine rings is 1. The molecular weight excluding hydrogens is 454 g/mol. The summed E-state index contributed by atoms with van der Waals surface area (Å²) in [6, 6.07) is 20.9. The van der Waals surface area contributed by atoms with E-state index in [0.717, 1.165) is 22.6 Å². The molecule has 8 nitrogen and oxygen atoms in total. The number of nitrogens with one attached hydrogen (secondary N) is 1. The van der Waals surface area contributed by atoms with Gasteiger partial charge in [-0.05, 0) is 26.3 Å². The Kier molecular flexibility index (Phi) is 7.83. The van der Waals surface area contributed by atoms with Crippen molar-refractivity contribution < 1.29 is 14.3 Å². The molecule has 1 aliphatic rings. The molecule has 1 aliphatic heterocycles. The van der Waals surface area contributed by atoms with Crippen molar-refractivity contribution in [1.29, 1.82) is 0 Å². The lowest BCUT2D eigenvalue weighted by Crippen LogP contribution is -2.56. The summed E-state index contributed by atoms with van der Waals surface area (Å²) in [7, 11) is 0. The molecule has 8 heteroatoms. The Labute approximate surface area is 212 Å². The number of ether oxygens (including phenoxy) is 1. The third-order valence-electron chi connectivity index (χ3n) is 5.91. The van der Waals surface area contributed by atoms with Gasteiger partial charge in [0.2, 0.25) is 5.91 Å². The van der Waals surface area contributed by atoms with Crippen LogP contribution in [-0.2, 0) is 16.0 Å². The lowest BCUT2D eigenvalue weighted by Gasteiger charge is -2.37. The molecule has 1 unspecified atom stereocenters. The van der Waals surface area contributed by atoms with Gasteiger partial charge in [-0.15, -0.1) is 0 Å². The number of rotatable bonds is 6. The molecule has 0 spiro atoms. The third kappa shape index (κ3) is 6.81. The van der Waals surface area contributed by atoms with Crippen LogP contribution in [0.15, 0.2) is 73.1 Å². The molecule has 2 aromatic carbocycles. The molecule has 1 atom stereocenters. The normalized spacial score (nSPS) is 14.8. The lowest BCUT2D eigenvalue weighted by molar-refractivity contribution is -0.133. The predicted molar refractivity (Wildman–Crippen MR) is 140 cm³/mol. The van der Waals surface area contributed by atoms with Crippen molar-refractivity contribution in [1.82, 2.24) is 20.2 Å². The SMILES string of the molecule is CC(C)(C)OC(=O)NC(Cc1ccccc1)C(=O)N1CCN(c2cc(-c3ccccc3)ncn2)CC1. The number of benzene rings is 2. The molecule has 188 valence electrons. The highest BCUT2D eigenvalue weighted by Crippen LogP contribution is 2.21. The Hall–Kier alpha value is -3.94. The largest absolute Gasteiger partial charge is 0.444 e. The molecule has 1 aromatic heterocycles. The molecule has 2 heterocycles. The van der Waals surface area contributed by atoms with E-state index in [2.05, 4.69) is 20.2 Å². The van der Waals surface area contributed by atoms with Crippen molar-refractivity contribution in [2.45, 2.75) is 38.8 Å². The third-order valence-corrected chi connectivity index (χ3v) is 5.91. The molecule has 2 amide bonds. The number of carbonyl (C=O) groups excluding carboxylic acids is 2. The predicted octanol–water partition coefficient (Wildman–Crippen LogP) is 3.93. The molecule has 1 N–H and O–H groups in total. The number of alkyl carbamates (subject to hydrolysis) is 1. The molecule has 1 saturated heterocycles. The second kappa shape index (κ2) is 11.2. The Morgan fingerprint density at radius 2 is 1.58 bits per heavy atom. The quantitative estimate of drug-likeness (QED) is 0.567. The van der Waals surface area contributed by atoms with Gasteiger partial charge in [0.1, 0.15) is 23.8 Å². The lowest BCUT2D eigenvalue weighted by atomic mass is 10.0. The van der Waals surface area contributed by atoms with Gasteiger partial charge < -0.3 is 19.9 Å². The molecule has 0 radical (unpaired) electrons. The topological polar surface area (TPSA) is 87.7 Å². The number of amides is 2. The molecule has 3 aromatic rings. The average molecular weight is 488 g/mol. The number of anilines is 1. The summed E-state index contributed by atoms with van der Waals surface area (Å²) >= 11 is 0. The monoisotopic (exact) mass is 487 g/mol. The Balaban J connectivity index is 1.42. The molecular formula is C28H33N5O3. The summed E-state index contributed by atoms with van der Waals surface area (Å²) in [5.41, 5.74) is 2.22. The van der Waals surface area contributed by atoms with Crippen molar-refractivity contribution in [3.8, 4) is 11.3 Å². The Bertz CT molecular complexity index is 1160. The highest BCUT2D eigenvalue weighted by Gasteiger charge is 2.30. The molecule has 0 saturated carbocycles. The van der Waals surface area contributed by atoms with Crippen LogP contribution in [0.2, 0.25) is 0 Å². The van der Waals surface area contributed by atoms with Crippen molar-refractivity contribution in [2.24, 2.45) is 0 Å². The van der Waals surface area contributed by atoms with Gasteiger partial charge in [0, 0.05) is 44.2 Å². The van der Waals surface area contributed by atoms with Gasteiger partial charge in [-0.25, -0.2) is 14.8 Å². The maximum Gasteiger partial charge on any atom is 0.408 e. The fourth-order valence-corrected chi connectivity index (χ4v) is 4.16. The van der Waals surface area contributed by atoms with E-state index in [0.29, 0.717) is 32.6 Å². The van der Waals surface area contributed by atoms with Crippen molar-refractivity contribution in [3.63, 3.8) is 0 Å². The van der Waals surface area contributed by atoms with Crippen LogP contribution < -0.4 is 10.2 Å². The second-order valence-electron chi connectivity index (χ2n) is 9.83. The van der Waals surface area contributed by atoms with Gasteiger partial charge in [0.15, 0.2) is 0 Å². The summed E-state index contributed by atoms with van der Waals surface area (Å²) in [5.74, 6) is 0.723. The average Bonchev–Trinajstić information content (AvgIpc) is 2.88. The van der Waals surface area contributed by atoms with Crippen LogP contribution in [0, 0.1) is 0 Å². The maximum absolute atomic E-state index is 13.5. The molecule has 4 rings (SSSR count). The minimum absolute atomic E-state index is 0.114. The fraction of sp³-hybridized carbons (Fsp3) is 0.357. The number of hydrogen-bond donors (Lipinski definition) is 1. The van der Waals surface area contributed by atoms with E-state index in [-0.39, 0.29) is 5.91 Å². The standard InChI is InChI=1S/C28H33N5O3/c1-28(2,3)36-27(35)31-24(18-21-10-6-4-7-11-21)26(34)33-16-14-32(15-17-33)25-19-23(29-20-30-25)22-12-8-5-9-13-22/h4-13,19-20,24H,14-18H2,1-3H3,(H,31,35). The zero-order valence-corrected chi connectivity index (χ0v) is 21.1. The number of hydrogen-bond acceptors (Lipinski definition) is 6. The first-order chi connectivity index (χ1) is 17.3. The van der Waals surface area contributed by atoms with Crippen LogP contribution >= 0.6 is 0 Å². The number of carbonyl (C=O) groups is 2. The van der Waals surface area contributed by atoms with Crippen LogP contribution in [0.25, 0.3) is 11.3 Å². The van der Waals surface area contributed by atoms with Gasteiger partial charge in [-0.3, -0.25) is 4.79 Å². The first kappa shape index (κ1) is 25.2. The van der Waals surface area contributed by atoms with Crippen LogP contribution in [0.5, 0.6) is 0 Å². The van der Waals surface area contributed by atoms with Crippen molar-refractivity contribution in [2.75, 3.05) is 31.1 Å². The van der Waals surface area contributed by atoms with Gasteiger partial charge in [-0.2, -0.15) is 0 Å². The maximum atomic E-state index is 13.5. The Morgan fingerprint density at radius 3 is 2.22 bits per heavy atom. The van der Waals surface area contributed by atoms with Crippen LogP contribution in [0.4, 0.5) is 10.6 Å². The Morgan fingerprint density at radius 1 is 0.944 bits per heavy atom. The zero-order valence-electron chi connectivity index (χ0n) is 21.1. The molecule has 0 bridgehead atoms. The first-order valence-corrected chi connectivity index (χ1v) is 12.2. The first-order valence-electron chi connectivity index (χ1n) is 12.2. The molecule has 0 aliphatic carbocycles. The van der Waals surface area contributed by atoms with E-state index in [4.69, 9.17) is 4.74 Å². The summed E-state index contributed by atoms with van der Waals surface area (Å²) in [6.07, 6.45) is 1.38. The van der Waals surface area contributed by atoms with E-state index < -0.39 is 17.7 Å². The van der Waals surface area contributed by atoms with Crippen LogP contribution in [-0.4, -0.2) is 64.7 Å². The van der Waals surface area contributed by atoms with Gasteiger partial charge in [0.05, 0.1) is 5.69 Å². The van der Waals surface area contributed by atoms with E-state index in [1.165, 1.54) is 0 Å². The fourth-order valence-electron chi connectivity index (χ4n) is 4.16. The highest BCUT2D eigenvalue weighted by molar-refractivity contribution is 5.86. The van der Waals surface area contributed by atoms with Crippen LogP contribution in [0.1, 0.15) is 26.3 Å². The van der Waals surface area contributed by atoms with Crippen molar-refractivity contribution in [3.05, 3.63) is 78.6 Å². The second-order valence-corrected chi connectivity index (χ2v) is 9.83. The van der Waals surface area contributed by atoms with E-state index in [1.54, 1.807) is 32.0 Å². The van der Waals surface area contributed by atoms with E-state index in [9.17, 15) is 9.59 Å². The van der Waals surface area contributed by atoms with Gasteiger partial charge in [-0.1, -0.05) is 60.7 Å². The summed E-state index contributed by atoms with van der Waals surface area (Å²) in [5, 5.41) is 2.80. The smallest absolute Gasteiger partial charge is 0.408 e. The molecule has 1 fully saturated rings. The summed E-state index contributed by atoms with van der Waals surface area (Å²) in [4.78, 5) is 38.8. The van der Waals surface area contributed by atoms with Gasteiger partial charge in [0.25, 0.3) is 0 Å². The minimum Gasteiger partial charge on any atom is -0.444 e. The van der Waals surface area contributed by atoms with Crippen LogP contribution in [0.3, 0.4) is 0 Å². The molecule has 36 heavy (non-hydrogen) atoms. The summed E-state index contributed by atoms with van der Waals surface area (Å²) < 4.78 is 5.42. The highest BCUT2D eigenvalue weighted by atomic mass is 16.6. The van der Waals surface area contributed by atoms with E-state index >= 15 is 0 Å². The van der Waals surface area contributed by atoms with Crippen molar-refractivity contribution >= 4 is 17.8 Å². The number of nitrogens with zero attached hydrogens (tertiary/aromatic N) is 4. The minimum atomic E-state index is -0.711.